The summed E-state index contributed by atoms with van der Waals surface area (Å²) in [5.74, 6) is -1.30. The van der Waals surface area contributed by atoms with Gasteiger partial charge in [-0.2, -0.15) is 0 Å². The molecule has 46 heavy (non-hydrogen) atoms. The lowest BCUT2D eigenvalue weighted by Crippen LogP contribution is -2.40. The molecule has 0 fully saturated rings. The second-order valence-corrected chi connectivity index (χ2v) is 12.3. The van der Waals surface area contributed by atoms with Gasteiger partial charge in [0.25, 0.3) is 23.6 Å². The molecule has 2 aliphatic rings. The van der Waals surface area contributed by atoms with E-state index in [4.69, 9.17) is 0 Å². The first-order valence-corrected chi connectivity index (χ1v) is 15.1. The zero-order valence-corrected chi connectivity index (χ0v) is 25.1. The molecule has 0 aliphatic carbocycles. The number of benzene rings is 5. The second kappa shape index (κ2) is 9.25. The molecule has 4 amide bonds. The Bertz CT molecular complexity index is 2220. The average molecular weight is 603 g/mol. The molecule has 5 aromatic carbocycles. The van der Waals surface area contributed by atoms with Crippen molar-refractivity contribution in [3.8, 4) is 0 Å². The lowest BCUT2D eigenvalue weighted by molar-refractivity contribution is -0.671. The van der Waals surface area contributed by atoms with Gasteiger partial charge >= 0.3 is 0 Å². The van der Waals surface area contributed by atoms with Gasteiger partial charge < -0.3 is 0 Å². The van der Waals surface area contributed by atoms with Gasteiger partial charge in [0.2, 0.25) is 0 Å². The number of amides is 4. The molecule has 8 heteroatoms. The number of aryl methyl sites for hydroxylation is 2. The van der Waals surface area contributed by atoms with E-state index in [0.29, 0.717) is 33.0 Å². The zero-order chi connectivity index (χ0) is 31.4. The summed E-state index contributed by atoms with van der Waals surface area (Å²) < 4.78 is 3.81. The van der Waals surface area contributed by atoms with Gasteiger partial charge in [-0.1, -0.05) is 24.3 Å². The summed E-state index contributed by atoms with van der Waals surface area (Å²) >= 11 is 0. The fraction of sp³-hybridized carbons (Fsp3) is 0.105. The van der Waals surface area contributed by atoms with E-state index in [-0.39, 0.29) is 36.7 Å². The fourth-order valence-corrected chi connectivity index (χ4v) is 7.29. The van der Waals surface area contributed by atoms with Gasteiger partial charge in [0.15, 0.2) is 24.8 Å². The van der Waals surface area contributed by atoms with E-state index in [9.17, 15) is 19.2 Å². The van der Waals surface area contributed by atoms with Gasteiger partial charge in [-0.15, -0.1) is 0 Å². The van der Waals surface area contributed by atoms with Crippen LogP contribution >= 0.6 is 0 Å². The summed E-state index contributed by atoms with van der Waals surface area (Å²) in [7, 11) is 3.83. The van der Waals surface area contributed by atoms with Gasteiger partial charge in [0.1, 0.15) is 14.1 Å². The maximum Gasteiger partial charge on any atom is 0.261 e. The van der Waals surface area contributed by atoms with Crippen LogP contribution in [0.1, 0.15) is 52.6 Å². The predicted octanol–water partition coefficient (Wildman–Crippen LogP) is 4.98. The first-order valence-electron chi connectivity index (χ1n) is 15.1. The summed E-state index contributed by atoms with van der Waals surface area (Å²) in [5, 5.41) is 6.46. The SMILES string of the molecule is C[n+]1ccc(CN2C(=O)c3ccc4c5ccc6c7c(ccc(c8ccc(c3c48)C2=O)c75)C(=O)N(Cc2cc[n+](C)cc2)C6=O)cc1. The van der Waals surface area contributed by atoms with Gasteiger partial charge in [0, 0.05) is 57.3 Å². The summed E-state index contributed by atoms with van der Waals surface area (Å²) in [5.41, 5.74) is 3.68. The molecule has 7 aromatic rings. The molecule has 9 rings (SSSR count). The number of hydrogen-bond acceptors (Lipinski definition) is 4. The average Bonchev–Trinajstić information content (AvgIpc) is 3.07. The molecule has 220 valence electrons. The lowest BCUT2D eigenvalue weighted by Gasteiger charge is -2.30. The Morgan fingerprint density at radius 3 is 0.978 bits per heavy atom. The van der Waals surface area contributed by atoms with Crippen molar-refractivity contribution in [1.29, 1.82) is 0 Å². The van der Waals surface area contributed by atoms with Crippen LogP contribution in [0, 0.1) is 0 Å². The monoisotopic (exact) mass is 602 g/mol. The number of nitrogens with zero attached hydrogens (tertiary/aromatic N) is 4. The molecule has 0 bridgehead atoms. The zero-order valence-electron chi connectivity index (χ0n) is 25.1. The van der Waals surface area contributed by atoms with Crippen molar-refractivity contribution in [3.05, 3.63) is 131 Å². The topological polar surface area (TPSA) is 82.5 Å². The minimum absolute atomic E-state index is 0.179. The molecule has 0 atom stereocenters. The number of fused-ring (bicyclic) bond motifs is 2. The summed E-state index contributed by atoms with van der Waals surface area (Å²) in [6, 6.07) is 22.5. The van der Waals surface area contributed by atoms with Gasteiger partial charge in [-0.25, -0.2) is 9.13 Å². The number of aromatic nitrogens is 2. The summed E-state index contributed by atoms with van der Waals surface area (Å²) in [6.07, 6.45) is 7.57. The van der Waals surface area contributed by atoms with Gasteiger partial charge in [0.05, 0.1) is 13.1 Å². The molecule has 0 radical (unpaired) electrons. The van der Waals surface area contributed by atoms with Crippen molar-refractivity contribution in [2.45, 2.75) is 13.1 Å². The summed E-state index contributed by atoms with van der Waals surface area (Å²) in [4.78, 5) is 58.1. The van der Waals surface area contributed by atoms with Crippen LogP contribution in [-0.2, 0) is 27.2 Å². The van der Waals surface area contributed by atoms with E-state index in [2.05, 4.69) is 0 Å². The van der Waals surface area contributed by atoms with Crippen molar-refractivity contribution < 1.29 is 28.3 Å². The van der Waals surface area contributed by atoms with Crippen LogP contribution in [-0.4, -0.2) is 33.4 Å². The molecule has 4 heterocycles. The van der Waals surface area contributed by atoms with Crippen molar-refractivity contribution in [3.63, 3.8) is 0 Å². The highest BCUT2D eigenvalue weighted by Gasteiger charge is 2.37. The van der Waals surface area contributed by atoms with Crippen LogP contribution in [0.25, 0.3) is 43.1 Å². The van der Waals surface area contributed by atoms with Crippen LogP contribution in [0.3, 0.4) is 0 Å². The first kappa shape index (κ1) is 26.4. The normalized spacial score (nSPS) is 14.6. The number of carbonyl (C=O) groups excluding carboxylic acids is 4. The highest BCUT2D eigenvalue weighted by atomic mass is 16.2. The fourth-order valence-electron chi connectivity index (χ4n) is 7.29. The van der Waals surface area contributed by atoms with E-state index in [0.717, 1.165) is 43.4 Å². The maximum atomic E-state index is 13.9. The summed E-state index contributed by atoms with van der Waals surface area (Å²) in [6.45, 7) is 0.358. The molecule has 0 unspecified atom stereocenters. The van der Waals surface area contributed by atoms with Crippen LogP contribution in [0.5, 0.6) is 0 Å². The second-order valence-electron chi connectivity index (χ2n) is 12.3. The van der Waals surface area contributed by atoms with E-state index in [1.54, 1.807) is 24.3 Å². The highest BCUT2D eigenvalue weighted by molar-refractivity contribution is 6.41. The molecule has 8 nitrogen and oxygen atoms in total. The standard InChI is InChI=1S/C38H26N4O4/c1-39-15-11-21(12-16-39)19-41-35(43)27-7-3-23-25-5-9-29-34-30(38(46)42(37(29)45)20-22-13-17-40(2)18-14-22)10-6-26(32(25)34)24-4-8-28(36(41)44)33(27)31(23)24/h3-18H,19-20H2,1-2H3/q+2. The first-order chi connectivity index (χ1) is 22.3. The van der Waals surface area contributed by atoms with Crippen molar-refractivity contribution in [2.75, 3.05) is 0 Å². The van der Waals surface area contributed by atoms with E-state index < -0.39 is 0 Å². The number of hydrogen-bond donors (Lipinski definition) is 0. The third kappa shape index (κ3) is 3.49. The van der Waals surface area contributed by atoms with E-state index in [1.165, 1.54) is 9.80 Å². The largest absolute Gasteiger partial charge is 0.270 e. The van der Waals surface area contributed by atoms with Crippen LogP contribution in [0.15, 0.2) is 97.6 Å². The Hall–Kier alpha value is -6.02. The van der Waals surface area contributed by atoms with Crippen molar-refractivity contribution in [2.24, 2.45) is 14.1 Å². The van der Waals surface area contributed by atoms with Gasteiger partial charge in [-0.05, 0) is 67.7 Å². The Labute approximate surface area is 262 Å². The molecule has 0 spiro atoms. The number of imide groups is 2. The Kier molecular flexibility index (Phi) is 5.30. The van der Waals surface area contributed by atoms with Crippen LogP contribution in [0.2, 0.25) is 0 Å². The molecule has 2 aliphatic heterocycles. The maximum absolute atomic E-state index is 13.9. The lowest BCUT2D eigenvalue weighted by atomic mass is 9.82. The van der Waals surface area contributed by atoms with Gasteiger partial charge in [-0.3, -0.25) is 29.0 Å². The number of carbonyl (C=O) groups is 4. The molecule has 2 aromatic heterocycles. The van der Waals surface area contributed by atoms with Crippen LogP contribution < -0.4 is 9.13 Å². The van der Waals surface area contributed by atoms with E-state index >= 15 is 0 Å². The minimum atomic E-state index is -0.325. The third-order valence-corrected chi connectivity index (χ3v) is 9.58. The highest BCUT2D eigenvalue weighted by Crippen LogP contribution is 2.46. The van der Waals surface area contributed by atoms with Crippen molar-refractivity contribution in [1.82, 2.24) is 9.80 Å². The Balaban J connectivity index is 1.22. The Morgan fingerprint density at radius 2 is 0.696 bits per heavy atom. The molecular weight excluding hydrogens is 576 g/mol. The number of rotatable bonds is 4. The minimum Gasteiger partial charge on any atom is -0.270 e. The molecule has 0 saturated carbocycles. The molecule has 0 saturated heterocycles. The predicted molar refractivity (Wildman–Crippen MR) is 171 cm³/mol. The van der Waals surface area contributed by atoms with Crippen LogP contribution in [0.4, 0.5) is 0 Å². The van der Waals surface area contributed by atoms with E-state index in [1.807, 2.05) is 96.5 Å². The smallest absolute Gasteiger partial charge is 0.261 e. The van der Waals surface area contributed by atoms with Crippen molar-refractivity contribution >= 4 is 66.7 Å². The third-order valence-electron chi connectivity index (χ3n) is 9.58. The quantitative estimate of drug-likeness (QED) is 0.123. The number of pyridine rings is 2. The molecular formula is C38H26N4O4+2. The Morgan fingerprint density at radius 1 is 0.413 bits per heavy atom. The molecule has 0 N–H and O–H groups in total.